The third kappa shape index (κ3) is 5.34. The van der Waals surface area contributed by atoms with Crippen molar-refractivity contribution in [2.24, 2.45) is 0 Å². The van der Waals surface area contributed by atoms with Crippen LogP contribution in [-0.2, 0) is 9.53 Å². The Morgan fingerprint density at radius 2 is 1.81 bits per heavy atom. The molecule has 0 aromatic heterocycles. The Bertz CT molecular complexity index is 821. The molecule has 2 aromatic rings. The van der Waals surface area contributed by atoms with Crippen molar-refractivity contribution in [1.29, 1.82) is 0 Å². The number of ether oxygens (including phenoxy) is 1. The first-order valence-corrected chi connectivity index (χ1v) is 9.48. The number of halogens is 1. The number of thioether (sulfide) groups is 1. The highest BCUT2D eigenvalue weighted by Crippen LogP contribution is 2.23. The number of amides is 1. The Hall–Kier alpha value is -2.31. The number of ketones is 1. The van der Waals surface area contributed by atoms with E-state index in [1.165, 1.54) is 11.8 Å². The van der Waals surface area contributed by atoms with Gasteiger partial charge in [0.2, 0.25) is 5.91 Å². The van der Waals surface area contributed by atoms with Gasteiger partial charge in [-0.15, -0.1) is 11.8 Å². The molecule has 0 aliphatic carbocycles. The summed E-state index contributed by atoms with van der Waals surface area (Å²) in [6.07, 6.45) is 2.26. The summed E-state index contributed by atoms with van der Waals surface area (Å²) in [5, 5.41) is 2.97. The molecule has 0 saturated heterocycles. The summed E-state index contributed by atoms with van der Waals surface area (Å²) >= 11 is 7.50. The highest BCUT2D eigenvalue weighted by atomic mass is 35.5. The molecule has 5 nitrogen and oxygen atoms in total. The lowest BCUT2D eigenvalue weighted by molar-refractivity contribution is -0.115. The van der Waals surface area contributed by atoms with Crippen LogP contribution in [0.3, 0.4) is 0 Å². The maximum absolute atomic E-state index is 12.2. The molecule has 0 aliphatic heterocycles. The molecule has 136 valence electrons. The van der Waals surface area contributed by atoms with Crippen LogP contribution in [0.4, 0.5) is 5.69 Å². The Kier molecular flexibility index (Phi) is 7.24. The van der Waals surface area contributed by atoms with Gasteiger partial charge < -0.3 is 10.1 Å². The van der Waals surface area contributed by atoms with Crippen molar-refractivity contribution in [3.05, 3.63) is 58.6 Å². The predicted octanol–water partition coefficient (Wildman–Crippen LogP) is 4.45. The molecular formula is C19H18ClNO4S. The third-order valence-electron chi connectivity index (χ3n) is 3.54. The molecule has 0 spiro atoms. The van der Waals surface area contributed by atoms with E-state index in [0.717, 1.165) is 4.90 Å². The lowest BCUT2D eigenvalue weighted by Crippen LogP contribution is -2.15. The number of carbonyl (C=O) groups excluding carboxylic acids is 3. The van der Waals surface area contributed by atoms with Gasteiger partial charge in [0, 0.05) is 22.6 Å². The van der Waals surface area contributed by atoms with Gasteiger partial charge in [-0.05, 0) is 48.7 Å². The maximum Gasteiger partial charge on any atom is 0.340 e. The lowest BCUT2D eigenvalue weighted by Gasteiger charge is -2.08. The molecule has 2 aromatic carbocycles. The third-order valence-corrected chi connectivity index (χ3v) is 4.59. The van der Waals surface area contributed by atoms with Crippen molar-refractivity contribution in [2.75, 3.05) is 18.2 Å². The first-order chi connectivity index (χ1) is 12.4. The second kappa shape index (κ2) is 9.40. The molecule has 26 heavy (non-hydrogen) atoms. The smallest absolute Gasteiger partial charge is 0.340 e. The van der Waals surface area contributed by atoms with E-state index in [4.69, 9.17) is 16.3 Å². The van der Waals surface area contributed by atoms with E-state index in [0.29, 0.717) is 17.7 Å². The standard InChI is InChI=1S/C19H18ClNO4S/c1-3-18(23)21-13-6-4-12(5-7-13)17(22)11-25-19(24)15-10-14(26-2)8-9-16(15)20/h4-10H,3,11H2,1-2H3,(H,21,23). The molecule has 2 rings (SSSR count). The number of Topliss-reactive ketones (excluding diaryl/α,β-unsaturated/α-hetero) is 1. The summed E-state index contributed by atoms with van der Waals surface area (Å²) in [6, 6.07) is 11.4. The summed E-state index contributed by atoms with van der Waals surface area (Å²) in [5.74, 6) is -1.10. The molecule has 0 fully saturated rings. The first kappa shape index (κ1) is 20.0. The predicted molar refractivity (Wildman–Crippen MR) is 103 cm³/mol. The number of anilines is 1. The van der Waals surface area contributed by atoms with E-state index in [2.05, 4.69) is 5.32 Å². The van der Waals surface area contributed by atoms with Gasteiger partial charge in [0.1, 0.15) is 0 Å². The van der Waals surface area contributed by atoms with E-state index < -0.39 is 5.97 Å². The average Bonchev–Trinajstić information content (AvgIpc) is 2.66. The van der Waals surface area contributed by atoms with Crippen molar-refractivity contribution < 1.29 is 19.1 Å². The van der Waals surface area contributed by atoms with Crippen LogP contribution in [0, 0.1) is 0 Å². The normalized spacial score (nSPS) is 10.3. The monoisotopic (exact) mass is 391 g/mol. The Balaban J connectivity index is 1.98. The minimum Gasteiger partial charge on any atom is -0.454 e. The number of rotatable bonds is 7. The molecule has 0 heterocycles. The van der Waals surface area contributed by atoms with E-state index in [-0.39, 0.29) is 28.9 Å². The van der Waals surface area contributed by atoms with Crippen LogP contribution in [0.2, 0.25) is 5.02 Å². The van der Waals surface area contributed by atoms with Crippen molar-refractivity contribution in [1.82, 2.24) is 0 Å². The van der Waals surface area contributed by atoms with Gasteiger partial charge in [0.15, 0.2) is 12.4 Å². The van der Waals surface area contributed by atoms with E-state index in [1.54, 1.807) is 49.4 Å². The number of esters is 1. The summed E-state index contributed by atoms with van der Waals surface area (Å²) in [7, 11) is 0. The van der Waals surface area contributed by atoms with Gasteiger partial charge in [-0.3, -0.25) is 9.59 Å². The molecule has 0 aliphatic rings. The fourth-order valence-electron chi connectivity index (χ4n) is 2.07. The summed E-state index contributed by atoms with van der Waals surface area (Å²) < 4.78 is 5.08. The Morgan fingerprint density at radius 1 is 1.12 bits per heavy atom. The molecule has 7 heteroatoms. The van der Waals surface area contributed by atoms with Crippen LogP contribution < -0.4 is 5.32 Å². The molecule has 1 N–H and O–H groups in total. The maximum atomic E-state index is 12.2. The van der Waals surface area contributed by atoms with Crippen molar-refractivity contribution in [3.8, 4) is 0 Å². The number of nitrogens with one attached hydrogen (secondary N) is 1. The number of carbonyl (C=O) groups is 3. The lowest BCUT2D eigenvalue weighted by atomic mass is 10.1. The van der Waals surface area contributed by atoms with Crippen LogP contribution >= 0.6 is 23.4 Å². The molecule has 0 radical (unpaired) electrons. The minimum absolute atomic E-state index is 0.109. The van der Waals surface area contributed by atoms with E-state index >= 15 is 0 Å². The van der Waals surface area contributed by atoms with E-state index in [9.17, 15) is 14.4 Å². The van der Waals surface area contributed by atoms with Gasteiger partial charge >= 0.3 is 5.97 Å². The van der Waals surface area contributed by atoms with Crippen LogP contribution in [0.5, 0.6) is 0 Å². The largest absolute Gasteiger partial charge is 0.454 e. The van der Waals surface area contributed by atoms with Crippen LogP contribution in [0.25, 0.3) is 0 Å². The second-order valence-electron chi connectivity index (χ2n) is 5.32. The summed E-state index contributed by atoms with van der Waals surface area (Å²) in [6.45, 7) is 1.36. The highest BCUT2D eigenvalue weighted by molar-refractivity contribution is 7.98. The summed E-state index contributed by atoms with van der Waals surface area (Å²) in [5.41, 5.74) is 1.21. The van der Waals surface area contributed by atoms with E-state index in [1.807, 2.05) is 6.26 Å². The molecule has 0 saturated carbocycles. The minimum atomic E-state index is -0.647. The van der Waals surface area contributed by atoms with Crippen LogP contribution in [0.15, 0.2) is 47.4 Å². The Labute approximate surface area is 161 Å². The van der Waals surface area contributed by atoms with Gasteiger partial charge in [0.25, 0.3) is 0 Å². The van der Waals surface area contributed by atoms with Crippen molar-refractivity contribution in [3.63, 3.8) is 0 Å². The molecule has 0 atom stereocenters. The van der Waals surface area contributed by atoms with Crippen molar-refractivity contribution in [2.45, 2.75) is 18.2 Å². The number of hydrogen-bond donors (Lipinski definition) is 1. The zero-order valence-corrected chi connectivity index (χ0v) is 15.9. The fourth-order valence-corrected chi connectivity index (χ4v) is 2.70. The van der Waals surface area contributed by atoms with Crippen LogP contribution in [0.1, 0.15) is 34.1 Å². The molecule has 0 unspecified atom stereocenters. The fraction of sp³-hybridized carbons (Fsp3) is 0.211. The van der Waals surface area contributed by atoms with Crippen LogP contribution in [-0.4, -0.2) is 30.5 Å². The zero-order valence-electron chi connectivity index (χ0n) is 14.4. The van der Waals surface area contributed by atoms with Gasteiger partial charge in [-0.2, -0.15) is 0 Å². The molecule has 1 amide bonds. The quantitative estimate of drug-likeness (QED) is 0.429. The van der Waals surface area contributed by atoms with Gasteiger partial charge in [0.05, 0.1) is 10.6 Å². The molecular weight excluding hydrogens is 374 g/mol. The first-order valence-electron chi connectivity index (χ1n) is 7.88. The second-order valence-corrected chi connectivity index (χ2v) is 6.61. The molecule has 0 bridgehead atoms. The topological polar surface area (TPSA) is 72.5 Å². The number of hydrogen-bond acceptors (Lipinski definition) is 5. The van der Waals surface area contributed by atoms with Gasteiger partial charge in [-0.1, -0.05) is 18.5 Å². The van der Waals surface area contributed by atoms with Gasteiger partial charge in [-0.25, -0.2) is 4.79 Å². The average molecular weight is 392 g/mol. The summed E-state index contributed by atoms with van der Waals surface area (Å²) in [4.78, 5) is 36.5. The number of benzene rings is 2. The Morgan fingerprint density at radius 3 is 2.42 bits per heavy atom. The van der Waals surface area contributed by atoms with Crippen molar-refractivity contribution >= 4 is 46.7 Å². The highest BCUT2D eigenvalue weighted by Gasteiger charge is 2.15. The zero-order chi connectivity index (χ0) is 19.1. The SMILES string of the molecule is CCC(=O)Nc1ccc(C(=O)COC(=O)c2cc(SC)ccc2Cl)cc1.